The van der Waals surface area contributed by atoms with Crippen molar-refractivity contribution in [1.82, 2.24) is 15.5 Å². The van der Waals surface area contributed by atoms with Gasteiger partial charge in [-0.1, -0.05) is 18.2 Å². The van der Waals surface area contributed by atoms with Crippen LogP contribution in [-0.4, -0.2) is 49.6 Å². The summed E-state index contributed by atoms with van der Waals surface area (Å²) in [6.45, 7) is 1.67. The van der Waals surface area contributed by atoms with Crippen LogP contribution in [0.1, 0.15) is 0 Å². The molecule has 1 aromatic carbocycles. The van der Waals surface area contributed by atoms with Gasteiger partial charge >= 0.3 is 6.03 Å². The fourth-order valence-corrected chi connectivity index (χ4v) is 2.07. The van der Waals surface area contributed by atoms with E-state index in [0.717, 1.165) is 5.69 Å². The number of hydrogen-bond acceptors (Lipinski definition) is 3. The maximum absolute atomic E-state index is 12.2. The van der Waals surface area contributed by atoms with Gasteiger partial charge in [-0.25, -0.2) is 4.79 Å². The Morgan fingerprint density at radius 3 is 2.74 bits per heavy atom. The van der Waals surface area contributed by atoms with Crippen LogP contribution >= 0.6 is 0 Å². The predicted octanol–water partition coefficient (Wildman–Crippen LogP) is 0.238. The van der Waals surface area contributed by atoms with Gasteiger partial charge in [-0.3, -0.25) is 4.79 Å². The molecule has 3 N–H and O–H groups in total. The van der Waals surface area contributed by atoms with Crippen molar-refractivity contribution in [3.05, 3.63) is 30.3 Å². The summed E-state index contributed by atoms with van der Waals surface area (Å²) in [6.07, 6.45) is 0. The van der Waals surface area contributed by atoms with E-state index in [1.807, 2.05) is 30.3 Å². The summed E-state index contributed by atoms with van der Waals surface area (Å²) < 4.78 is 0. The smallest absolute Gasteiger partial charge is 0.322 e. The Hall–Kier alpha value is -2.08. The van der Waals surface area contributed by atoms with Crippen molar-refractivity contribution in [2.24, 2.45) is 0 Å². The molecule has 0 aromatic heterocycles. The van der Waals surface area contributed by atoms with Crippen LogP contribution in [0.2, 0.25) is 0 Å². The normalized spacial score (nSPS) is 18.8. The topological polar surface area (TPSA) is 73.5 Å². The Morgan fingerprint density at radius 2 is 2.05 bits per heavy atom. The van der Waals surface area contributed by atoms with E-state index in [4.69, 9.17) is 0 Å². The Bertz CT molecular complexity index is 449. The number of amides is 3. The molecule has 102 valence electrons. The molecule has 1 saturated heterocycles. The molecule has 6 nitrogen and oxygen atoms in total. The summed E-state index contributed by atoms with van der Waals surface area (Å²) in [5, 5.41) is 8.50. The van der Waals surface area contributed by atoms with Crippen molar-refractivity contribution in [2.45, 2.75) is 6.04 Å². The van der Waals surface area contributed by atoms with Crippen molar-refractivity contribution >= 4 is 17.6 Å². The molecule has 1 aromatic rings. The Labute approximate surface area is 112 Å². The lowest BCUT2D eigenvalue weighted by molar-refractivity contribution is -0.125. The average Bonchev–Trinajstić information content (AvgIpc) is 2.47. The zero-order valence-corrected chi connectivity index (χ0v) is 10.8. The van der Waals surface area contributed by atoms with E-state index in [2.05, 4.69) is 16.0 Å². The zero-order chi connectivity index (χ0) is 13.7. The highest BCUT2D eigenvalue weighted by Crippen LogP contribution is 2.10. The minimum atomic E-state index is -0.470. The molecule has 1 aliphatic heterocycles. The van der Waals surface area contributed by atoms with Crippen LogP contribution in [-0.2, 0) is 4.79 Å². The summed E-state index contributed by atoms with van der Waals surface area (Å²) in [5.41, 5.74) is 0.724. The first-order chi connectivity index (χ1) is 9.22. The fourth-order valence-electron chi connectivity index (χ4n) is 2.07. The van der Waals surface area contributed by atoms with Crippen LogP contribution in [0.4, 0.5) is 10.5 Å². The molecule has 0 radical (unpaired) electrons. The van der Waals surface area contributed by atoms with E-state index in [-0.39, 0.29) is 11.9 Å². The predicted molar refractivity (Wildman–Crippen MR) is 72.9 cm³/mol. The highest BCUT2D eigenvalue weighted by Gasteiger charge is 2.31. The average molecular weight is 262 g/mol. The highest BCUT2D eigenvalue weighted by atomic mass is 16.2. The van der Waals surface area contributed by atoms with Gasteiger partial charge in [0.05, 0.1) is 0 Å². The van der Waals surface area contributed by atoms with E-state index in [9.17, 15) is 9.59 Å². The van der Waals surface area contributed by atoms with E-state index in [1.54, 1.807) is 11.9 Å². The molecular formula is C13H18N4O2. The second-order valence-electron chi connectivity index (χ2n) is 4.32. The van der Waals surface area contributed by atoms with Crippen LogP contribution in [0, 0.1) is 0 Å². The first-order valence-corrected chi connectivity index (χ1v) is 6.27. The number of benzene rings is 1. The number of para-hydroxylation sites is 1. The number of nitrogens with one attached hydrogen (secondary N) is 3. The lowest BCUT2D eigenvalue weighted by atomic mass is 10.2. The van der Waals surface area contributed by atoms with Crippen LogP contribution < -0.4 is 16.0 Å². The van der Waals surface area contributed by atoms with Crippen LogP contribution in [0.25, 0.3) is 0 Å². The molecule has 1 atom stereocenters. The van der Waals surface area contributed by atoms with Gasteiger partial charge in [0.1, 0.15) is 6.04 Å². The third kappa shape index (κ3) is 3.23. The van der Waals surface area contributed by atoms with Crippen molar-refractivity contribution < 1.29 is 9.59 Å². The largest absolute Gasteiger partial charge is 0.357 e. The second kappa shape index (κ2) is 6.19. The van der Waals surface area contributed by atoms with Gasteiger partial charge in [0.15, 0.2) is 0 Å². The maximum Gasteiger partial charge on any atom is 0.322 e. The van der Waals surface area contributed by atoms with Gasteiger partial charge < -0.3 is 20.9 Å². The zero-order valence-electron chi connectivity index (χ0n) is 10.8. The first-order valence-electron chi connectivity index (χ1n) is 6.27. The highest BCUT2D eigenvalue weighted by molar-refractivity contribution is 5.94. The van der Waals surface area contributed by atoms with E-state index in [0.29, 0.717) is 19.6 Å². The maximum atomic E-state index is 12.2. The van der Waals surface area contributed by atoms with Gasteiger partial charge in [-0.15, -0.1) is 0 Å². The van der Waals surface area contributed by atoms with E-state index in [1.165, 1.54) is 0 Å². The van der Waals surface area contributed by atoms with Gasteiger partial charge in [0, 0.05) is 32.4 Å². The number of urea groups is 1. The van der Waals surface area contributed by atoms with E-state index < -0.39 is 6.04 Å². The molecule has 0 spiro atoms. The molecule has 0 saturated carbocycles. The molecule has 1 heterocycles. The summed E-state index contributed by atoms with van der Waals surface area (Å²) in [5.74, 6) is -0.157. The van der Waals surface area contributed by atoms with Crippen LogP contribution in [0.15, 0.2) is 30.3 Å². The molecular weight excluding hydrogens is 244 g/mol. The SMILES string of the molecule is CNC(=O)C1CNCCN1C(=O)Nc1ccccc1. The number of rotatable bonds is 2. The minimum Gasteiger partial charge on any atom is -0.357 e. The number of likely N-dealkylation sites (N-methyl/N-ethyl adjacent to an activating group) is 1. The van der Waals surface area contributed by atoms with Crippen LogP contribution in [0.5, 0.6) is 0 Å². The quantitative estimate of drug-likeness (QED) is 0.715. The molecule has 3 amide bonds. The molecule has 1 unspecified atom stereocenters. The number of carbonyl (C=O) groups excluding carboxylic acids is 2. The van der Waals surface area contributed by atoms with Gasteiger partial charge in [0.2, 0.25) is 5.91 Å². The molecule has 0 bridgehead atoms. The van der Waals surface area contributed by atoms with Crippen molar-refractivity contribution in [2.75, 3.05) is 32.0 Å². The van der Waals surface area contributed by atoms with Crippen molar-refractivity contribution in [1.29, 1.82) is 0 Å². The number of piperazine rings is 1. The lowest BCUT2D eigenvalue weighted by Crippen LogP contribution is -2.60. The summed E-state index contributed by atoms with van der Waals surface area (Å²) in [7, 11) is 1.57. The minimum absolute atomic E-state index is 0.157. The molecule has 19 heavy (non-hydrogen) atoms. The lowest BCUT2D eigenvalue weighted by Gasteiger charge is -2.34. The molecule has 2 rings (SSSR count). The third-order valence-corrected chi connectivity index (χ3v) is 3.08. The summed E-state index contributed by atoms with van der Waals surface area (Å²) >= 11 is 0. The van der Waals surface area contributed by atoms with Gasteiger partial charge in [0.25, 0.3) is 0 Å². The Morgan fingerprint density at radius 1 is 1.32 bits per heavy atom. The number of hydrogen-bond donors (Lipinski definition) is 3. The number of anilines is 1. The third-order valence-electron chi connectivity index (χ3n) is 3.08. The van der Waals surface area contributed by atoms with Gasteiger partial charge in [-0.2, -0.15) is 0 Å². The number of carbonyl (C=O) groups is 2. The Kier molecular flexibility index (Phi) is 4.35. The molecule has 1 fully saturated rings. The second-order valence-corrected chi connectivity index (χ2v) is 4.32. The monoisotopic (exact) mass is 262 g/mol. The molecule has 6 heteroatoms. The van der Waals surface area contributed by atoms with Crippen LogP contribution in [0.3, 0.4) is 0 Å². The fraction of sp³-hybridized carbons (Fsp3) is 0.385. The molecule has 0 aliphatic carbocycles. The van der Waals surface area contributed by atoms with Crippen molar-refractivity contribution in [3.8, 4) is 0 Å². The summed E-state index contributed by atoms with van der Waals surface area (Å²) in [4.78, 5) is 25.5. The van der Waals surface area contributed by atoms with E-state index >= 15 is 0 Å². The summed E-state index contributed by atoms with van der Waals surface area (Å²) in [6, 6.07) is 8.49. The molecule has 1 aliphatic rings. The van der Waals surface area contributed by atoms with Crippen molar-refractivity contribution in [3.63, 3.8) is 0 Å². The number of nitrogens with zero attached hydrogens (tertiary/aromatic N) is 1. The van der Waals surface area contributed by atoms with Gasteiger partial charge in [-0.05, 0) is 12.1 Å². The first kappa shape index (κ1) is 13.4. The Balaban J connectivity index is 2.05. The standard InChI is InChI=1S/C13H18N4O2/c1-14-12(18)11-9-15-7-8-17(11)13(19)16-10-5-3-2-4-6-10/h2-6,11,15H,7-9H2,1H3,(H,14,18)(H,16,19).